The van der Waals surface area contributed by atoms with E-state index < -0.39 is 0 Å². The second kappa shape index (κ2) is 6.80. The summed E-state index contributed by atoms with van der Waals surface area (Å²) in [6, 6.07) is 4.98. The van der Waals surface area contributed by atoms with Gasteiger partial charge < -0.3 is 15.5 Å². The second-order valence-corrected chi connectivity index (χ2v) is 4.29. The lowest BCUT2D eigenvalue weighted by molar-refractivity contribution is -0.384. The SMILES string of the molecule is CCNc1cc(NCCN(C)C)cc([N+](=O)[O-])c1. The minimum absolute atomic E-state index is 0.0980. The fourth-order valence-electron chi connectivity index (χ4n) is 1.55. The van der Waals surface area contributed by atoms with E-state index in [-0.39, 0.29) is 10.6 Å². The largest absolute Gasteiger partial charge is 0.385 e. The number of nitro groups is 1. The Labute approximate surface area is 107 Å². The van der Waals surface area contributed by atoms with Crippen LogP contribution in [0.25, 0.3) is 0 Å². The van der Waals surface area contributed by atoms with Crippen LogP contribution < -0.4 is 10.6 Å². The van der Waals surface area contributed by atoms with Gasteiger partial charge in [-0.05, 0) is 27.1 Å². The van der Waals surface area contributed by atoms with E-state index in [0.717, 1.165) is 31.0 Å². The monoisotopic (exact) mass is 252 g/mol. The highest BCUT2D eigenvalue weighted by Crippen LogP contribution is 2.24. The van der Waals surface area contributed by atoms with Gasteiger partial charge in [-0.25, -0.2) is 0 Å². The zero-order valence-corrected chi connectivity index (χ0v) is 11.1. The van der Waals surface area contributed by atoms with Gasteiger partial charge >= 0.3 is 0 Å². The van der Waals surface area contributed by atoms with E-state index in [0.29, 0.717) is 0 Å². The molecule has 1 rings (SSSR count). The van der Waals surface area contributed by atoms with Gasteiger partial charge in [-0.3, -0.25) is 10.1 Å². The molecule has 100 valence electrons. The van der Waals surface area contributed by atoms with E-state index in [1.54, 1.807) is 12.1 Å². The molecule has 0 fully saturated rings. The molecule has 0 aliphatic heterocycles. The van der Waals surface area contributed by atoms with Gasteiger partial charge in [0.25, 0.3) is 5.69 Å². The number of hydrogen-bond donors (Lipinski definition) is 2. The van der Waals surface area contributed by atoms with Crippen molar-refractivity contribution in [3.63, 3.8) is 0 Å². The van der Waals surface area contributed by atoms with Crippen LogP contribution in [0, 0.1) is 10.1 Å². The molecule has 1 aromatic rings. The van der Waals surface area contributed by atoms with E-state index >= 15 is 0 Å². The molecule has 18 heavy (non-hydrogen) atoms. The van der Waals surface area contributed by atoms with E-state index in [4.69, 9.17) is 0 Å². The average Bonchev–Trinajstić information content (AvgIpc) is 2.28. The number of nitrogens with zero attached hydrogens (tertiary/aromatic N) is 2. The molecule has 0 saturated carbocycles. The van der Waals surface area contributed by atoms with Crippen LogP contribution in [0.4, 0.5) is 17.1 Å². The van der Waals surface area contributed by atoms with Crippen molar-refractivity contribution in [2.45, 2.75) is 6.92 Å². The molecule has 0 aromatic heterocycles. The van der Waals surface area contributed by atoms with Crippen LogP contribution in [-0.2, 0) is 0 Å². The Kier molecular flexibility index (Phi) is 5.38. The maximum absolute atomic E-state index is 10.8. The van der Waals surface area contributed by atoms with Gasteiger partial charge in [0.05, 0.1) is 4.92 Å². The highest BCUT2D eigenvalue weighted by atomic mass is 16.6. The Bertz CT molecular complexity index is 407. The first kappa shape index (κ1) is 14.2. The van der Waals surface area contributed by atoms with Crippen molar-refractivity contribution < 1.29 is 4.92 Å². The zero-order valence-electron chi connectivity index (χ0n) is 11.1. The van der Waals surface area contributed by atoms with E-state index in [2.05, 4.69) is 15.5 Å². The molecule has 0 spiro atoms. The zero-order chi connectivity index (χ0) is 13.5. The summed E-state index contributed by atoms with van der Waals surface area (Å²) in [5.74, 6) is 0. The lowest BCUT2D eigenvalue weighted by Gasteiger charge is -2.12. The lowest BCUT2D eigenvalue weighted by atomic mass is 10.2. The molecule has 0 aliphatic carbocycles. The normalized spacial score (nSPS) is 10.4. The van der Waals surface area contributed by atoms with Crippen LogP contribution in [0.2, 0.25) is 0 Å². The quantitative estimate of drug-likeness (QED) is 0.573. The fraction of sp³-hybridized carbons (Fsp3) is 0.500. The summed E-state index contributed by atoms with van der Waals surface area (Å²) in [5, 5.41) is 17.1. The number of likely N-dealkylation sites (N-methyl/N-ethyl adjacent to an activating group) is 1. The number of hydrogen-bond acceptors (Lipinski definition) is 5. The van der Waals surface area contributed by atoms with Gasteiger partial charge in [0, 0.05) is 43.1 Å². The maximum Gasteiger partial charge on any atom is 0.273 e. The molecular weight excluding hydrogens is 232 g/mol. The van der Waals surface area contributed by atoms with Crippen LogP contribution in [0.15, 0.2) is 18.2 Å². The summed E-state index contributed by atoms with van der Waals surface area (Å²) >= 11 is 0. The van der Waals surface area contributed by atoms with E-state index in [1.165, 1.54) is 0 Å². The fourth-order valence-corrected chi connectivity index (χ4v) is 1.55. The first-order chi connectivity index (χ1) is 8.52. The minimum Gasteiger partial charge on any atom is -0.385 e. The van der Waals surface area contributed by atoms with Crippen molar-refractivity contribution in [3.8, 4) is 0 Å². The van der Waals surface area contributed by atoms with Crippen molar-refractivity contribution in [2.24, 2.45) is 0 Å². The summed E-state index contributed by atoms with van der Waals surface area (Å²) in [4.78, 5) is 12.5. The summed E-state index contributed by atoms with van der Waals surface area (Å²) in [6.07, 6.45) is 0. The number of anilines is 2. The first-order valence-corrected chi connectivity index (χ1v) is 5.95. The smallest absolute Gasteiger partial charge is 0.273 e. The van der Waals surface area contributed by atoms with Crippen molar-refractivity contribution in [2.75, 3.05) is 44.4 Å². The molecule has 1 aromatic carbocycles. The number of nitrogens with one attached hydrogen (secondary N) is 2. The third-order valence-corrected chi connectivity index (χ3v) is 2.40. The molecule has 0 bridgehead atoms. The van der Waals surface area contributed by atoms with Crippen LogP contribution in [0.5, 0.6) is 0 Å². The standard InChI is InChI=1S/C12H20N4O2/c1-4-13-10-7-11(14-5-6-15(2)3)9-12(8-10)16(17)18/h7-9,13-14H,4-6H2,1-3H3. The summed E-state index contributed by atoms with van der Waals surface area (Å²) in [7, 11) is 3.97. The summed E-state index contributed by atoms with van der Waals surface area (Å²) < 4.78 is 0. The molecule has 0 radical (unpaired) electrons. The van der Waals surface area contributed by atoms with Crippen molar-refractivity contribution in [3.05, 3.63) is 28.3 Å². The van der Waals surface area contributed by atoms with Gasteiger partial charge in [0.2, 0.25) is 0 Å². The van der Waals surface area contributed by atoms with Crippen LogP contribution in [-0.4, -0.2) is 43.6 Å². The predicted octanol–water partition coefficient (Wildman–Crippen LogP) is 2.00. The van der Waals surface area contributed by atoms with Gasteiger partial charge in [-0.15, -0.1) is 0 Å². The molecule has 0 unspecified atom stereocenters. The molecule has 0 heterocycles. The number of nitro benzene ring substituents is 1. The Morgan fingerprint density at radius 2 is 1.83 bits per heavy atom. The van der Waals surface area contributed by atoms with Crippen LogP contribution >= 0.6 is 0 Å². The minimum atomic E-state index is -0.377. The molecule has 0 atom stereocenters. The highest BCUT2D eigenvalue weighted by Gasteiger charge is 2.09. The van der Waals surface area contributed by atoms with Gasteiger partial charge in [0.1, 0.15) is 0 Å². The third kappa shape index (κ3) is 4.58. The molecule has 6 heteroatoms. The van der Waals surface area contributed by atoms with Gasteiger partial charge in [-0.2, -0.15) is 0 Å². The Morgan fingerprint density at radius 3 is 2.33 bits per heavy atom. The van der Waals surface area contributed by atoms with E-state index in [9.17, 15) is 10.1 Å². The Morgan fingerprint density at radius 1 is 1.22 bits per heavy atom. The van der Waals surface area contributed by atoms with E-state index in [1.807, 2.05) is 27.1 Å². The molecular formula is C12H20N4O2. The van der Waals surface area contributed by atoms with Gasteiger partial charge in [0.15, 0.2) is 0 Å². The molecule has 0 saturated heterocycles. The van der Waals surface area contributed by atoms with Crippen molar-refractivity contribution in [1.82, 2.24) is 4.90 Å². The van der Waals surface area contributed by atoms with Crippen LogP contribution in [0.3, 0.4) is 0 Å². The van der Waals surface area contributed by atoms with Crippen molar-refractivity contribution >= 4 is 17.1 Å². The summed E-state index contributed by atoms with van der Waals surface area (Å²) in [5.41, 5.74) is 1.63. The molecule has 2 N–H and O–H groups in total. The number of non-ortho nitro benzene ring substituents is 1. The van der Waals surface area contributed by atoms with Crippen LogP contribution in [0.1, 0.15) is 6.92 Å². The molecule has 0 aliphatic rings. The number of benzene rings is 1. The average molecular weight is 252 g/mol. The Balaban J connectivity index is 2.79. The Hall–Kier alpha value is -1.82. The highest BCUT2D eigenvalue weighted by molar-refractivity contribution is 5.63. The lowest BCUT2D eigenvalue weighted by Crippen LogP contribution is -2.20. The maximum atomic E-state index is 10.8. The number of rotatable bonds is 7. The first-order valence-electron chi connectivity index (χ1n) is 5.95. The predicted molar refractivity (Wildman–Crippen MR) is 74.3 cm³/mol. The topological polar surface area (TPSA) is 70.4 Å². The molecule has 0 amide bonds. The summed E-state index contributed by atoms with van der Waals surface area (Å²) in [6.45, 7) is 4.31. The third-order valence-electron chi connectivity index (χ3n) is 2.40. The second-order valence-electron chi connectivity index (χ2n) is 4.29. The van der Waals surface area contributed by atoms with Gasteiger partial charge in [-0.1, -0.05) is 0 Å². The molecule has 6 nitrogen and oxygen atoms in total. The van der Waals surface area contributed by atoms with Crippen molar-refractivity contribution in [1.29, 1.82) is 0 Å².